The maximum absolute atomic E-state index is 13.4. The highest BCUT2D eigenvalue weighted by Gasteiger charge is 2.20. The molecular weight excluding hydrogens is 474 g/mol. The number of hydrogen-bond acceptors (Lipinski definition) is 3. The van der Waals surface area contributed by atoms with Crippen LogP contribution >= 0.6 is 11.6 Å². The predicted molar refractivity (Wildman–Crippen MR) is 143 cm³/mol. The van der Waals surface area contributed by atoms with Gasteiger partial charge >= 0.3 is 5.97 Å². The Kier molecular flexibility index (Phi) is 8.80. The Morgan fingerprint density at radius 1 is 0.833 bits per heavy atom. The van der Waals surface area contributed by atoms with Crippen LogP contribution in [-0.2, 0) is 17.6 Å². The van der Waals surface area contributed by atoms with Crippen LogP contribution in [0.15, 0.2) is 72.8 Å². The number of rotatable bonds is 13. The average molecular weight is 504 g/mol. The Bertz CT molecular complexity index is 1310. The average Bonchev–Trinajstić information content (AvgIpc) is 3.25. The molecule has 0 saturated heterocycles. The number of nitrogens with one attached hydrogen (secondary N) is 1. The number of aromatic amines is 1. The maximum Gasteiger partial charge on any atom is 0.303 e. The first-order valence-corrected chi connectivity index (χ1v) is 12.7. The number of carbonyl (C=O) groups is 2. The third-order valence-electron chi connectivity index (χ3n) is 6.24. The molecule has 0 amide bonds. The second-order valence-corrected chi connectivity index (χ2v) is 9.35. The van der Waals surface area contributed by atoms with E-state index in [1.54, 1.807) is 12.1 Å². The number of fused-ring (bicyclic) bond motifs is 1. The van der Waals surface area contributed by atoms with Gasteiger partial charge in [-0.3, -0.25) is 9.59 Å². The van der Waals surface area contributed by atoms with E-state index in [-0.39, 0.29) is 12.2 Å². The van der Waals surface area contributed by atoms with E-state index in [9.17, 15) is 9.59 Å². The van der Waals surface area contributed by atoms with Crippen LogP contribution in [0.3, 0.4) is 0 Å². The normalized spacial score (nSPS) is 11.0. The SMILES string of the molecule is O=C(O)CCCc1[nH]c2ccccc2c1C(=O)c1ccc(OCCCCCc2ccc(Cl)cc2)cc1. The molecule has 0 saturated carbocycles. The van der Waals surface area contributed by atoms with Gasteiger partial charge < -0.3 is 14.8 Å². The lowest BCUT2D eigenvalue weighted by molar-refractivity contribution is -0.137. The van der Waals surface area contributed by atoms with Gasteiger partial charge in [0.05, 0.1) is 12.2 Å². The van der Waals surface area contributed by atoms with Crippen LogP contribution in [0, 0.1) is 0 Å². The van der Waals surface area contributed by atoms with Crippen molar-refractivity contribution in [3.8, 4) is 5.75 Å². The van der Waals surface area contributed by atoms with Crippen molar-refractivity contribution >= 4 is 34.3 Å². The number of ketones is 1. The zero-order valence-electron chi connectivity index (χ0n) is 20.1. The second-order valence-electron chi connectivity index (χ2n) is 8.91. The molecule has 186 valence electrons. The number of carbonyl (C=O) groups excluding carboxylic acids is 1. The van der Waals surface area contributed by atoms with Crippen molar-refractivity contribution in [2.24, 2.45) is 0 Å². The Morgan fingerprint density at radius 3 is 2.33 bits per heavy atom. The zero-order valence-corrected chi connectivity index (χ0v) is 20.9. The van der Waals surface area contributed by atoms with E-state index in [1.165, 1.54) is 5.56 Å². The molecule has 0 atom stereocenters. The topological polar surface area (TPSA) is 79.4 Å². The van der Waals surface area contributed by atoms with E-state index >= 15 is 0 Å². The van der Waals surface area contributed by atoms with Gasteiger partial charge in [-0.25, -0.2) is 0 Å². The number of halogens is 1. The zero-order chi connectivity index (χ0) is 25.3. The van der Waals surface area contributed by atoms with E-state index < -0.39 is 5.97 Å². The molecular formula is C30H30ClNO4. The number of ether oxygens (including phenoxy) is 1. The number of carboxylic acids is 1. The molecule has 2 N–H and O–H groups in total. The lowest BCUT2D eigenvalue weighted by Crippen LogP contribution is -2.06. The minimum absolute atomic E-state index is 0.0656. The summed E-state index contributed by atoms with van der Waals surface area (Å²) in [6.45, 7) is 0.629. The summed E-state index contributed by atoms with van der Waals surface area (Å²) >= 11 is 5.93. The highest BCUT2D eigenvalue weighted by Crippen LogP contribution is 2.27. The lowest BCUT2D eigenvalue weighted by Gasteiger charge is -2.08. The fourth-order valence-electron chi connectivity index (χ4n) is 4.36. The van der Waals surface area contributed by atoms with Crippen molar-refractivity contribution in [1.82, 2.24) is 4.98 Å². The van der Waals surface area contributed by atoms with Crippen LogP contribution in [-0.4, -0.2) is 28.4 Å². The number of aromatic nitrogens is 1. The molecule has 4 aromatic rings. The molecule has 1 heterocycles. The van der Waals surface area contributed by atoms with Gasteiger partial charge in [0.15, 0.2) is 5.78 Å². The Hall–Kier alpha value is -3.57. The number of benzene rings is 3. The van der Waals surface area contributed by atoms with Gasteiger partial charge in [0.25, 0.3) is 0 Å². The minimum atomic E-state index is -0.837. The van der Waals surface area contributed by atoms with Crippen molar-refractivity contribution in [3.63, 3.8) is 0 Å². The highest BCUT2D eigenvalue weighted by atomic mass is 35.5. The number of unbranched alkanes of at least 4 members (excludes halogenated alkanes) is 2. The van der Waals surface area contributed by atoms with Crippen LogP contribution in [0.2, 0.25) is 5.02 Å². The smallest absolute Gasteiger partial charge is 0.303 e. The molecule has 36 heavy (non-hydrogen) atoms. The van der Waals surface area contributed by atoms with Crippen molar-refractivity contribution in [2.45, 2.75) is 44.9 Å². The van der Waals surface area contributed by atoms with E-state index in [0.29, 0.717) is 30.6 Å². The summed E-state index contributed by atoms with van der Waals surface area (Å²) in [5.74, 6) is -0.174. The fraction of sp³-hybridized carbons (Fsp3) is 0.267. The molecule has 0 unspecified atom stereocenters. The van der Waals surface area contributed by atoms with Crippen LogP contribution in [0.1, 0.15) is 59.3 Å². The fourth-order valence-corrected chi connectivity index (χ4v) is 4.48. The van der Waals surface area contributed by atoms with Gasteiger partial charge in [-0.1, -0.05) is 41.9 Å². The van der Waals surface area contributed by atoms with Gasteiger partial charge in [-0.05, 0) is 86.6 Å². The third kappa shape index (κ3) is 6.76. The molecule has 0 radical (unpaired) electrons. The molecule has 0 aliphatic rings. The van der Waals surface area contributed by atoms with Crippen LogP contribution in [0.4, 0.5) is 0 Å². The Balaban J connectivity index is 1.32. The summed E-state index contributed by atoms with van der Waals surface area (Å²) in [4.78, 5) is 27.7. The largest absolute Gasteiger partial charge is 0.494 e. The second kappa shape index (κ2) is 12.4. The quantitative estimate of drug-likeness (QED) is 0.149. The van der Waals surface area contributed by atoms with Crippen LogP contribution in [0.5, 0.6) is 5.75 Å². The van der Waals surface area contributed by atoms with Gasteiger partial charge in [0, 0.05) is 33.6 Å². The number of H-pyrrole nitrogens is 1. The van der Waals surface area contributed by atoms with Crippen LogP contribution < -0.4 is 4.74 Å². The standard InChI is InChI=1S/C30H30ClNO4/c31-23-16-12-21(13-17-23)7-2-1-5-20-36-24-18-14-22(15-19-24)30(35)29-25-8-3-4-9-26(25)32-27(29)10-6-11-28(33)34/h3-4,8-9,12-19,32H,1-2,5-7,10-11,20H2,(H,33,34). The summed E-state index contributed by atoms with van der Waals surface area (Å²) in [6, 6.07) is 22.9. The summed E-state index contributed by atoms with van der Waals surface area (Å²) in [6.07, 6.45) is 5.19. The first-order valence-electron chi connectivity index (χ1n) is 12.3. The van der Waals surface area contributed by atoms with Crippen molar-refractivity contribution < 1.29 is 19.4 Å². The number of carboxylic acid groups (broad SMARTS) is 1. The first kappa shape index (κ1) is 25.5. The summed E-state index contributed by atoms with van der Waals surface area (Å²) in [5.41, 5.74) is 4.14. The number of para-hydroxylation sites is 1. The molecule has 6 heteroatoms. The predicted octanol–water partition coefficient (Wildman–Crippen LogP) is 7.25. The number of aryl methyl sites for hydroxylation is 2. The van der Waals surface area contributed by atoms with E-state index in [4.69, 9.17) is 21.4 Å². The maximum atomic E-state index is 13.4. The van der Waals surface area contributed by atoms with E-state index in [2.05, 4.69) is 17.1 Å². The third-order valence-corrected chi connectivity index (χ3v) is 6.49. The first-order chi connectivity index (χ1) is 17.5. The molecule has 0 bridgehead atoms. The van der Waals surface area contributed by atoms with Crippen molar-refractivity contribution in [2.75, 3.05) is 6.61 Å². The summed E-state index contributed by atoms with van der Waals surface area (Å²) < 4.78 is 5.88. The van der Waals surface area contributed by atoms with Crippen molar-refractivity contribution in [3.05, 3.63) is 100 Å². The molecule has 0 fully saturated rings. The van der Waals surface area contributed by atoms with Gasteiger partial charge in [-0.2, -0.15) is 0 Å². The molecule has 1 aromatic heterocycles. The number of aliphatic carboxylic acids is 1. The molecule has 0 aliphatic carbocycles. The monoisotopic (exact) mass is 503 g/mol. The lowest BCUT2D eigenvalue weighted by atomic mass is 9.98. The Labute approximate surface area is 216 Å². The highest BCUT2D eigenvalue weighted by molar-refractivity contribution is 6.30. The van der Waals surface area contributed by atoms with Crippen LogP contribution in [0.25, 0.3) is 10.9 Å². The molecule has 4 rings (SSSR count). The molecule has 0 spiro atoms. The molecule has 5 nitrogen and oxygen atoms in total. The van der Waals surface area contributed by atoms with E-state index in [1.807, 2.05) is 48.5 Å². The van der Waals surface area contributed by atoms with Gasteiger partial charge in [-0.15, -0.1) is 0 Å². The summed E-state index contributed by atoms with van der Waals surface area (Å²) in [5, 5.41) is 10.6. The molecule has 0 aliphatic heterocycles. The van der Waals surface area contributed by atoms with Crippen molar-refractivity contribution in [1.29, 1.82) is 0 Å². The minimum Gasteiger partial charge on any atom is -0.494 e. The van der Waals surface area contributed by atoms with E-state index in [0.717, 1.165) is 53.1 Å². The van der Waals surface area contributed by atoms with Gasteiger partial charge in [0.1, 0.15) is 5.75 Å². The number of hydrogen-bond donors (Lipinski definition) is 2. The summed E-state index contributed by atoms with van der Waals surface area (Å²) in [7, 11) is 0. The van der Waals surface area contributed by atoms with Gasteiger partial charge in [0.2, 0.25) is 0 Å². The Morgan fingerprint density at radius 2 is 1.58 bits per heavy atom. The molecule has 3 aromatic carbocycles.